The topological polar surface area (TPSA) is 44.5 Å². The third-order valence-electron chi connectivity index (χ3n) is 3.81. The molecule has 0 spiro atoms. The van der Waals surface area contributed by atoms with E-state index < -0.39 is 0 Å². The molecule has 2 aromatic rings. The van der Waals surface area contributed by atoms with E-state index in [0.29, 0.717) is 0 Å². The molecule has 2 rings (SSSR count). The molecule has 0 heterocycles. The molecule has 2 N–H and O–H groups in total. The van der Waals surface area contributed by atoms with Crippen molar-refractivity contribution in [2.75, 3.05) is 7.11 Å². The number of rotatable bonds is 5. The van der Waals surface area contributed by atoms with E-state index in [0.717, 1.165) is 17.1 Å². The van der Waals surface area contributed by atoms with Gasteiger partial charge in [0.1, 0.15) is 17.6 Å². The van der Waals surface area contributed by atoms with Crippen LogP contribution in [0.1, 0.15) is 29.7 Å². The number of ether oxygens (including phenoxy) is 2. The number of benzene rings is 2. The third kappa shape index (κ3) is 3.76. The maximum absolute atomic E-state index is 6.28. The molecule has 0 saturated heterocycles. The molecular formula is C18H23NO2. The molecular weight excluding hydrogens is 262 g/mol. The lowest BCUT2D eigenvalue weighted by molar-refractivity contribution is 0.190. The van der Waals surface area contributed by atoms with Crippen molar-refractivity contribution in [2.45, 2.75) is 32.9 Å². The Labute approximate surface area is 126 Å². The molecule has 0 aliphatic carbocycles. The summed E-state index contributed by atoms with van der Waals surface area (Å²) in [6, 6.07) is 13.7. The molecule has 0 radical (unpaired) electrons. The summed E-state index contributed by atoms with van der Waals surface area (Å²) >= 11 is 0. The van der Waals surface area contributed by atoms with E-state index in [-0.39, 0.29) is 12.1 Å². The first kappa shape index (κ1) is 15.4. The average Bonchev–Trinajstić information content (AvgIpc) is 2.50. The molecule has 0 bridgehead atoms. The van der Waals surface area contributed by atoms with Gasteiger partial charge in [0.2, 0.25) is 0 Å². The van der Waals surface area contributed by atoms with E-state index in [9.17, 15) is 0 Å². The zero-order chi connectivity index (χ0) is 15.4. The van der Waals surface area contributed by atoms with Crippen molar-refractivity contribution in [1.82, 2.24) is 0 Å². The molecule has 0 aromatic heterocycles. The van der Waals surface area contributed by atoms with E-state index in [1.807, 2.05) is 43.3 Å². The van der Waals surface area contributed by atoms with Gasteiger partial charge in [-0.3, -0.25) is 0 Å². The van der Waals surface area contributed by atoms with Crippen LogP contribution in [0.3, 0.4) is 0 Å². The molecule has 112 valence electrons. The van der Waals surface area contributed by atoms with E-state index in [1.54, 1.807) is 7.11 Å². The van der Waals surface area contributed by atoms with Crippen LogP contribution in [0.4, 0.5) is 0 Å². The standard InChI is InChI=1S/C18H23NO2/c1-12-5-8-17(11-13(12)2)21-14(3)18(19)15-6-9-16(20-4)10-7-15/h5-11,14,18H,19H2,1-4H3. The first-order chi connectivity index (χ1) is 10.0. The first-order valence-electron chi connectivity index (χ1n) is 7.14. The summed E-state index contributed by atoms with van der Waals surface area (Å²) in [5, 5.41) is 0. The Bertz CT molecular complexity index is 593. The van der Waals surface area contributed by atoms with Gasteiger partial charge in [-0.15, -0.1) is 0 Å². The summed E-state index contributed by atoms with van der Waals surface area (Å²) in [5.41, 5.74) is 9.79. The molecule has 0 amide bonds. The molecule has 0 aliphatic rings. The van der Waals surface area contributed by atoms with Gasteiger partial charge in [-0.2, -0.15) is 0 Å². The second-order valence-electron chi connectivity index (χ2n) is 5.37. The van der Waals surface area contributed by atoms with Crippen molar-refractivity contribution in [3.8, 4) is 11.5 Å². The lowest BCUT2D eigenvalue weighted by atomic mass is 10.0. The second kappa shape index (κ2) is 6.64. The fraction of sp³-hybridized carbons (Fsp3) is 0.333. The fourth-order valence-corrected chi connectivity index (χ4v) is 2.17. The highest BCUT2D eigenvalue weighted by Crippen LogP contribution is 2.23. The van der Waals surface area contributed by atoms with Gasteiger partial charge in [0.05, 0.1) is 13.2 Å². The van der Waals surface area contributed by atoms with Crippen molar-refractivity contribution >= 4 is 0 Å². The maximum atomic E-state index is 6.28. The molecule has 3 heteroatoms. The van der Waals surface area contributed by atoms with Crippen molar-refractivity contribution in [2.24, 2.45) is 5.73 Å². The van der Waals surface area contributed by atoms with Gasteiger partial charge in [-0.1, -0.05) is 18.2 Å². The van der Waals surface area contributed by atoms with E-state index in [1.165, 1.54) is 11.1 Å². The summed E-state index contributed by atoms with van der Waals surface area (Å²) in [5.74, 6) is 1.68. The normalized spacial score (nSPS) is 13.6. The number of hydrogen-bond acceptors (Lipinski definition) is 3. The molecule has 0 aliphatic heterocycles. The molecule has 21 heavy (non-hydrogen) atoms. The Hall–Kier alpha value is -2.00. The summed E-state index contributed by atoms with van der Waals surface area (Å²) in [4.78, 5) is 0. The highest BCUT2D eigenvalue weighted by molar-refractivity contribution is 5.34. The van der Waals surface area contributed by atoms with E-state index in [2.05, 4.69) is 19.9 Å². The fourth-order valence-electron chi connectivity index (χ4n) is 2.17. The molecule has 0 fully saturated rings. The van der Waals surface area contributed by atoms with Gasteiger partial charge >= 0.3 is 0 Å². The van der Waals surface area contributed by atoms with Gasteiger partial charge in [-0.05, 0) is 61.7 Å². The van der Waals surface area contributed by atoms with Crippen LogP contribution in [-0.2, 0) is 0 Å². The summed E-state index contributed by atoms with van der Waals surface area (Å²) in [6.45, 7) is 6.16. The minimum absolute atomic E-state index is 0.111. The average molecular weight is 285 g/mol. The number of nitrogens with two attached hydrogens (primary N) is 1. The second-order valence-corrected chi connectivity index (χ2v) is 5.37. The monoisotopic (exact) mass is 285 g/mol. The summed E-state index contributed by atoms with van der Waals surface area (Å²) < 4.78 is 11.1. The van der Waals surface area contributed by atoms with Crippen LogP contribution in [0.15, 0.2) is 42.5 Å². The zero-order valence-corrected chi connectivity index (χ0v) is 13.1. The van der Waals surface area contributed by atoms with Crippen LogP contribution < -0.4 is 15.2 Å². The van der Waals surface area contributed by atoms with Crippen molar-refractivity contribution in [3.05, 3.63) is 59.2 Å². The molecule has 3 nitrogen and oxygen atoms in total. The molecule has 2 unspecified atom stereocenters. The number of aryl methyl sites for hydroxylation is 2. The van der Waals surface area contributed by atoms with Gasteiger partial charge in [-0.25, -0.2) is 0 Å². The maximum Gasteiger partial charge on any atom is 0.120 e. The molecule has 2 atom stereocenters. The zero-order valence-electron chi connectivity index (χ0n) is 13.1. The minimum atomic E-state index is -0.183. The van der Waals surface area contributed by atoms with E-state index >= 15 is 0 Å². The predicted molar refractivity (Wildman–Crippen MR) is 85.9 cm³/mol. The number of hydrogen-bond donors (Lipinski definition) is 1. The highest BCUT2D eigenvalue weighted by atomic mass is 16.5. The smallest absolute Gasteiger partial charge is 0.120 e. The van der Waals surface area contributed by atoms with Crippen molar-refractivity contribution < 1.29 is 9.47 Å². The first-order valence-corrected chi connectivity index (χ1v) is 7.14. The Kier molecular flexibility index (Phi) is 4.86. The number of methoxy groups -OCH3 is 1. The van der Waals surface area contributed by atoms with Crippen LogP contribution >= 0.6 is 0 Å². The Morgan fingerprint density at radius 1 is 0.905 bits per heavy atom. The van der Waals surface area contributed by atoms with Crippen LogP contribution in [0.5, 0.6) is 11.5 Å². The third-order valence-corrected chi connectivity index (χ3v) is 3.81. The Morgan fingerprint density at radius 2 is 1.52 bits per heavy atom. The lowest BCUT2D eigenvalue weighted by Crippen LogP contribution is -2.28. The summed E-state index contributed by atoms with van der Waals surface area (Å²) in [6.07, 6.45) is -0.111. The van der Waals surface area contributed by atoms with Gasteiger partial charge in [0, 0.05) is 0 Å². The van der Waals surface area contributed by atoms with Gasteiger partial charge in [0.25, 0.3) is 0 Å². The van der Waals surface area contributed by atoms with Crippen molar-refractivity contribution in [3.63, 3.8) is 0 Å². The van der Waals surface area contributed by atoms with Crippen molar-refractivity contribution in [1.29, 1.82) is 0 Å². The lowest BCUT2D eigenvalue weighted by Gasteiger charge is -2.22. The Balaban J connectivity index is 2.07. The van der Waals surface area contributed by atoms with Crippen LogP contribution in [0.2, 0.25) is 0 Å². The summed E-state index contributed by atoms with van der Waals surface area (Å²) in [7, 11) is 1.65. The van der Waals surface area contributed by atoms with E-state index in [4.69, 9.17) is 15.2 Å². The molecule has 2 aromatic carbocycles. The quantitative estimate of drug-likeness (QED) is 0.909. The SMILES string of the molecule is COc1ccc(C(N)C(C)Oc2ccc(C)c(C)c2)cc1. The largest absolute Gasteiger partial charge is 0.497 e. The highest BCUT2D eigenvalue weighted by Gasteiger charge is 2.16. The van der Waals surface area contributed by atoms with Gasteiger partial charge < -0.3 is 15.2 Å². The van der Waals surface area contributed by atoms with Crippen LogP contribution in [0, 0.1) is 13.8 Å². The van der Waals surface area contributed by atoms with Crippen LogP contribution in [-0.4, -0.2) is 13.2 Å². The molecule has 0 saturated carbocycles. The minimum Gasteiger partial charge on any atom is -0.497 e. The van der Waals surface area contributed by atoms with Gasteiger partial charge in [0.15, 0.2) is 0 Å². The van der Waals surface area contributed by atoms with Crippen LogP contribution in [0.25, 0.3) is 0 Å². The predicted octanol–water partition coefficient (Wildman–Crippen LogP) is 3.78. The Morgan fingerprint density at radius 3 is 2.10 bits per heavy atom.